The first-order valence-corrected chi connectivity index (χ1v) is 9.54. The highest BCUT2D eigenvalue weighted by atomic mass is 32.1. The van der Waals surface area contributed by atoms with Crippen molar-refractivity contribution in [3.63, 3.8) is 0 Å². The first-order chi connectivity index (χ1) is 13.7. The van der Waals surface area contributed by atoms with Crippen LogP contribution >= 0.6 is 12.8 Å². The van der Waals surface area contributed by atoms with Gasteiger partial charge in [-0.3, -0.25) is 0 Å². The van der Waals surface area contributed by atoms with Crippen LogP contribution in [-0.4, -0.2) is 31.2 Å². The van der Waals surface area contributed by atoms with Crippen LogP contribution in [0.25, 0.3) is 0 Å². The van der Waals surface area contributed by atoms with Crippen molar-refractivity contribution in [1.82, 2.24) is 5.32 Å². The molecule has 0 aromatic heterocycles. The molecule has 0 saturated heterocycles. The van der Waals surface area contributed by atoms with Crippen LogP contribution in [0, 0.1) is 0 Å². The summed E-state index contributed by atoms with van der Waals surface area (Å²) >= 11 is 4.09. The third-order valence-electron chi connectivity index (χ3n) is 4.41. The number of esters is 2. The van der Waals surface area contributed by atoms with Gasteiger partial charge in [0.2, 0.25) is 0 Å². The zero-order valence-corrected chi connectivity index (χ0v) is 17.7. The fourth-order valence-corrected chi connectivity index (χ4v) is 3.37. The molecule has 2 rings (SSSR count). The lowest BCUT2D eigenvalue weighted by Crippen LogP contribution is -2.33. The van der Waals surface area contributed by atoms with Gasteiger partial charge in [-0.25, -0.2) is 18.7 Å². The molecule has 2 amide bonds. The molecule has 0 atom stereocenters. The molecule has 0 spiro atoms. The number of benzene rings is 1. The van der Waals surface area contributed by atoms with Gasteiger partial charge < -0.3 is 20.5 Å². The average molecular weight is 420 g/mol. The molecular formula is C20H25N3O5S. The second kappa shape index (κ2) is 9.51. The van der Waals surface area contributed by atoms with Crippen molar-refractivity contribution in [3.8, 4) is 0 Å². The minimum absolute atomic E-state index is 0.186. The predicted octanol–water partition coefficient (Wildman–Crippen LogP) is 2.78. The number of hydrogen-bond acceptors (Lipinski definition) is 7. The third kappa shape index (κ3) is 4.73. The first kappa shape index (κ1) is 22.4. The number of thiol groups is 1. The van der Waals surface area contributed by atoms with Gasteiger partial charge in [-0.05, 0) is 45.4 Å². The Morgan fingerprint density at radius 2 is 1.59 bits per heavy atom. The van der Waals surface area contributed by atoms with E-state index in [-0.39, 0.29) is 13.2 Å². The molecule has 8 nitrogen and oxygen atoms in total. The molecule has 0 bridgehead atoms. The van der Waals surface area contributed by atoms with Crippen LogP contribution in [0.3, 0.4) is 0 Å². The van der Waals surface area contributed by atoms with Crippen molar-refractivity contribution in [2.45, 2.75) is 33.6 Å². The lowest BCUT2D eigenvalue weighted by Gasteiger charge is -2.30. The summed E-state index contributed by atoms with van der Waals surface area (Å²) < 4.78 is 11.4. The van der Waals surface area contributed by atoms with Gasteiger partial charge >= 0.3 is 18.0 Å². The van der Waals surface area contributed by atoms with Crippen molar-refractivity contribution >= 4 is 36.5 Å². The molecule has 1 aromatic carbocycles. The number of dihydropyridines is 1. The Morgan fingerprint density at radius 1 is 1.07 bits per heavy atom. The van der Waals surface area contributed by atoms with E-state index in [0.29, 0.717) is 33.8 Å². The Hall–Kier alpha value is -2.94. The number of rotatable bonds is 6. The summed E-state index contributed by atoms with van der Waals surface area (Å²) in [5.41, 5.74) is 8.03. The van der Waals surface area contributed by atoms with Gasteiger partial charge in [-0.2, -0.15) is 0 Å². The SMILES string of the molecule is CCOC(=O)C1=C(C)NC(C)=C(C(=O)OCC)C1c1cccc(N(S)C(N)=O)c1. The molecule has 3 N–H and O–H groups in total. The largest absolute Gasteiger partial charge is 0.463 e. The second-order valence-electron chi connectivity index (χ2n) is 6.32. The van der Waals surface area contributed by atoms with E-state index in [1.165, 1.54) is 0 Å². The summed E-state index contributed by atoms with van der Waals surface area (Å²) in [4.78, 5) is 37.0. The smallest absolute Gasteiger partial charge is 0.336 e. The van der Waals surface area contributed by atoms with Gasteiger partial charge in [0.05, 0.1) is 36.0 Å². The van der Waals surface area contributed by atoms with Crippen LogP contribution in [0.1, 0.15) is 39.2 Å². The van der Waals surface area contributed by atoms with E-state index >= 15 is 0 Å². The number of primary amides is 1. The predicted molar refractivity (Wildman–Crippen MR) is 112 cm³/mol. The maximum Gasteiger partial charge on any atom is 0.336 e. The van der Waals surface area contributed by atoms with Crippen molar-refractivity contribution in [1.29, 1.82) is 0 Å². The number of nitrogens with two attached hydrogens (primary N) is 1. The highest BCUT2D eigenvalue weighted by molar-refractivity contribution is 7.82. The Balaban J connectivity index is 2.68. The van der Waals surface area contributed by atoms with Crippen LogP contribution in [-0.2, 0) is 19.1 Å². The van der Waals surface area contributed by atoms with Crippen molar-refractivity contribution in [2.24, 2.45) is 5.73 Å². The molecular weight excluding hydrogens is 394 g/mol. The highest BCUT2D eigenvalue weighted by Gasteiger charge is 2.38. The Morgan fingerprint density at radius 3 is 2.03 bits per heavy atom. The molecule has 156 valence electrons. The number of hydrogen-bond donors (Lipinski definition) is 3. The molecule has 1 aliphatic heterocycles. The number of urea groups is 1. The lowest BCUT2D eigenvalue weighted by atomic mass is 9.80. The van der Waals surface area contributed by atoms with Gasteiger partial charge in [0, 0.05) is 11.4 Å². The standard InChI is InChI=1S/C20H25N3O5S/c1-5-27-18(24)15-11(3)22-12(4)16(19(25)28-6-2)17(15)13-8-7-9-14(10-13)23(29)20(21)26/h7-10,17,22,29H,5-6H2,1-4H3,(H2,21,26). The molecule has 0 radical (unpaired) electrons. The molecule has 0 fully saturated rings. The van der Waals surface area contributed by atoms with Gasteiger partial charge in [0.15, 0.2) is 0 Å². The summed E-state index contributed by atoms with van der Waals surface area (Å²) in [6.45, 7) is 7.26. The Bertz CT molecular complexity index is 854. The van der Waals surface area contributed by atoms with E-state index in [2.05, 4.69) is 18.1 Å². The fourth-order valence-electron chi connectivity index (χ4n) is 3.25. The minimum Gasteiger partial charge on any atom is -0.463 e. The first-order valence-electron chi connectivity index (χ1n) is 9.14. The zero-order valence-electron chi connectivity index (χ0n) is 16.8. The van der Waals surface area contributed by atoms with E-state index in [1.807, 2.05) is 0 Å². The minimum atomic E-state index is -0.759. The summed E-state index contributed by atoms with van der Waals surface area (Å²) in [6.07, 6.45) is 0. The summed E-state index contributed by atoms with van der Waals surface area (Å²) in [7, 11) is 0. The molecule has 1 aliphatic rings. The number of amides is 2. The van der Waals surface area contributed by atoms with Crippen molar-refractivity contribution < 1.29 is 23.9 Å². The second-order valence-corrected chi connectivity index (χ2v) is 6.72. The molecule has 0 unspecified atom stereocenters. The van der Waals surface area contributed by atoms with Crippen LogP contribution in [0.4, 0.5) is 10.5 Å². The van der Waals surface area contributed by atoms with E-state index < -0.39 is 23.9 Å². The quantitative estimate of drug-likeness (QED) is 0.483. The zero-order chi connectivity index (χ0) is 21.7. The highest BCUT2D eigenvalue weighted by Crippen LogP contribution is 2.40. The normalized spacial score (nSPS) is 14.4. The monoisotopic (exact) mass is 419 g/mol. The van der Waals surface area contributed by atoms with Crippen LogP contribution < -0.4 is 15.4 Å². The molecule has 1 heterocycles. The number of carbonyl (C=O) groups excluding carboxylic acids is 3. The van der Waals surface area contributed by atoms with Gasteiger partial charge in [0.25, 0.3) is 0 Å². The van der Waals surface area contributed by atoms with Gasteiger partial charge in [-0.1, -0.05) is 24.9 Å². The molecule has 0 aliphatic carbocycles. The van der Waals surface area contributed by atoms with E-state index in [9.17, 15) is 14.4 Å². The van der Waals surface area contributed by atoms with E-state index in [0.717, 1.165) is 4.31 Å². The van der Waals surface area contributed by atoms with E-state index in [1.54, 1.807) is 52.0 Å². The molecule has 9 heteroatoms. The molecule has 29 heavy (non-hydrogen) atoms. The topological polar surface area (TPSA) is 111 Å². The molecule has 0 saturated carbocycles. The number of allylic oxidation sites excluding steroid dienone is 2. The van der Waals surface area contributed by atoms with Crippen LogP contribution in [0.15, 0.2) is 46.8 Å². The number of anilines is 1. The van der Waals surface area contributed by atoms with Crippen molar-refractivity contribution in [2.75, 3.05) is 17.5 Å². The average Bonchev–Trinajstić information content (AvgIpc) is 2.67. The summed E-state index contributed by atoms with van der Waals surface area (Å²) in [5, 5.41) is 3.07. The summed E-state index contributed by atoms with van der Waals surface area (Å²) in [6, 6.07) is 5.97. The number of carbonyl (C=O) groups is 3. The van der Waals surface area contributed by atoms with Crippen molar-refractivity contribution in [3.05, 3.63) is 52.4 Å². The summed E-state index contributed by atoms with van der Waals surface area (Å²) in [5.74, 6) is -1.83. The van der Waals surface area contributed by atoms with Crippen LogP contribution in [0.5, 0.6) is 0 Å². The Labute approximate surface area is 175 Å². The fraction of sp³-hybridized carbons (Fsp3) is 0.350. The maximum absolute atomic E-state index is 12.8. The number of nitrogens with one attached hydrogen (secondary N) is 1. The lowest BCUT2D eigenvalue weighted by molar-refractivity contribution is -0.139. The molecule has 1 aromatic rings. The van der Waals surface area contributed by atoms with E-state index in [4.69, 9.17) is 15.2 Å². The maximum atomic E-state index is 12.8. The Kier molecular flexibility index (Phi) is 7.33. The number of ether oxygens (including phenoxy) is 2. The van der Waals surface area contributed by atoms with Gasteiger partial charge in [0.1, 0.15) is 0 Å². The van der Waals surface area contributed by atoms with Crippen LogP contribution in [0.2, 0.25) is 0 Å². The van der Waals surface area contributed by atoms with Gasteiger partial charge in [-0.15, -0.1) is 0 Å². The third-order valence-corrected chi connectivity index (χ3v) is 4.84. The number of nitrogens with zero attached hydrogens (tertiary/aromatic N) is 1.